The topological polar surface area (TPSA) is 88.1 Å². The van der Waals surface area contributed by atoms with Gasteiger partial charge in [0.15, 0.2) is 5.92 Å². The normalized spacial score (nSPS) is 17.5. The van der Waals surface area contributed by atoms with E-state index in [0.29, 0.717) is 22.1 Å². The number of halogens is 1. The lowest BCUT2D eigenvalue weighted by molar-refractivity contribution is -0.131. The molecule has 132 valence electrons. The largest absolute Gasteiger partial charge is 0.497 e. The number of rotatable bonds is 4. The number of imide groups is 2. The lowest BCUT2D eigenvalue weighted by Gasteiger charge is -2.28. The monoisotopic (exact) mass is 371 g/mol. The first-order chi connectivity index (χ1) is 12.5. The van der Waals surface area contributed by atoms with Crippen molar-refractivity contribution in [1.82, 2.24) is 5.32 Å². The molecule has 0 saturated carbocycles. The molecule has 2 aromatic rings. The summed E-state index contributed by atoms with van der Waals surface area (Å²) < 4.78 is 5.11. The van der Waals surface area contributed by atoms with Crippen LogP contribution in [0.1, 0.15) is 0 Å². The third-order valence-corrected chi connectivity index (χ3v) is 3.93. The Bertz CT molecular complexity index is 913. The summed E-state index contributed by atoms with van der Waals surface area (Å²) in [7, 11) is 1.47. The van der Waals surface area contributed by atoms with Crippen LogP contribution < -0.4 is 15.0 Å². The first-order valence-corrected chi connectivity index (χ1v) is 8.00. The summed E-state index contributed by atoms with van der Waals surface area (Å²) in [6.45, 7) is 0. The van der Waals surface area contributed by atoms with Crippen molar-refractivity contribution in [2.24, 2.45) is 10.9 Å². The molecule has 1 saturated heterocycles. The van der Waals surface area contributed by atoms with Crippen molar-refractivity contribution >= 4 is 47.0 Å². The van der Waals surface area contributed by atoms with Crippen LogP contribution in [-0.2, 0) is 9.59 Å². The Kier molecular flexibility index (Phi) is 4.99. The molecular formula is C18H14ClN3O4. The third-order valence-electron chi connectivity index (χ3n) is 3.69. The molecule has 1 heterocycles. The number of carbonyl (C=O) groups excluding carboxylic acids is 3. The maximum atomic E-state index is 12.7. The molecule has 1 fully saturated rings. The van der Waals surface area contributed by atoms with Crippen molar-refractivity contribution in [1.29, 1.82) is 0 Å². The van der Waals surface area contributed by atoms with Gasteiger partial charge in [-0.3, -0.25) is 19.9 Å². The van der Waals surface area contributed by atoms with E-state index in [-0.39, 0.29) is 0 Å². The standard InChI is InChI=1S/C18H14ClN3O4/c1-26-14-7-3-6-13(9-14)22-17(24)15(16(23)21-18(22)25)10-20-12-5-2-4-11(19)8-12/h2-10,15H,1H3,(H,21,23,25)/t15-/m0/s1. The van der Waals surface area contributed by atoms with Crippen LogP contribution in [0.2, 0.25) is 5.02 Å². The molecule has 3 rings (SSSR count). The molecule has 26 heavy (non-hydrogen) atoms. The number of hydrogen-bond donors (Lipinski definition) is 1. The van der Waals surface area contributed by atoms with Gasteiger partial charge in [0.2, 0.25) is 5.91 Å². The number of amides is 4. The van der Waals surface area contributed by atoms with Gasteiger partial charge in [0.1, 0.15) is 5.75 Å². The van der Waals surface area contributed by atoms with Crippen LogP contribution in [0.4, 0.5) is 16.2 Å². The Morgan fingerprint density at radius 2 is 1.92 bits per heavy atom. The van der Waals surface area contributed by atoms with E-state index in [9.17, 15) is 14.4 Å². The molecule has 4 amide bonds. The number of aliphatic imine (C=N–C) groups is 1. The zero-order chi connectivity index (χ0) is 18.7. The number of nitrogens with zero attached hydrogens (tertiary/aromatic N) is 2. The molecule has 0 radical (unpaired) electrons. The predicted octanol–water partition coefficient (Wildman–Crippen LogP) is 2.95. The molecule has 1 atom stereocenters. The van der Waals surface area contributed by atoms with E-state index in [1.165, 1.54) is 19.4 Å². The van der Waals surface area contributed by atoms with E-state index in [2.05, 4.69) is 10.3 Å². The van der Waals surface area contributed by atoms with Gasteiger partial charge < -0.3 is 4.74 Å². The molecule has 2 aromatic carbocycles. The van der Waals surface area contributed by atoms with Gasteiger partial charge in [-0.15, -0.1) is 0 Å². The van der Waals surface area contributed by atoms with Crippen molar-refractivity contribution in [2.75, 3.05) is 12.0 Å². The minimum Gasteiger partial charge on any atom is -0.497 e. The zero-order valence-electron chi connectivity index (χ0n) is 13.7. The van der Waals surface area contributed by atoms with Gasteiger partial charge in [0, 0.05) is 17.3 Å². The highest BCUT2D eigenvalue weighted by Crippen LogP contribution is 2.25. The number of urea groups is 1. The second-order valence-electron chi connectivity index (χ2n) is 5.41. The van der Waals surface area contributed by atoms with Gasteiger partial charge >= 0.3 is 6.03 Å². The summed E-state index contributed by atoms with van der Waals surface area (Å²) in [5, 5.41) is 2.64. The number of nitrogens with one attached hydrogen (secondary N) is 1. The molecule has 1 aliphatic rings. The van der Waals surface area contributed by atoms with E-state index >= 15 is 0 Å². The molecule has 8 heteroatoms. The number of carbonyl (C=O) groups is 3. The number of ether oxygens (including phenoxy) is 1. The van der Waals surface area contributed by atoms with E-state index in [1.54, 1.807) is 42.5 Å². The summed E-state index contributed by atoms with van der Waals surface area (Å²) in [5.74, 6) is -2.19. The Balaban J connectivity index is 1.90. The SMILES string of the molecule is COc1cccc(N2C(=O)NC(=O)[C@H](C=Nc3cccc(Cl)c3)C2=O)c1. The van der Waals surface area contributed by atoms with Crippen molar-refractivity contribution in [3.05, 3.63) is 53.6 Å². The first kappa shape index (κ1) is 17.6. The van der Waals surface area contributed by atoms with Gasteiger partial charge in [-0.05, 0) is 30.3 Å². The zero-order valence-corrected chi connectivity index (χ0v) is 14.4. The quantitative estimate of drug-likeness (QED) is 0.661. The van der Waals surface area contributed by atoms with E-state index < -0.39 is 23.8 Å². The summed E-state index contributed by atoms with van der Waals surface area (Å²) in [6, 6.07) is 12.2. The summed E-state index contributed by atoms with van der Waals surface area (Å²) in [6.07, 6.45) is 1.20. The molecule has 0 aliphatic carbocycles. The second kappa shape index (κ2) is 7.37. The molecule has 7 nitrogen and oxygen atoms in total. The van der Waals surface area contributed by atoms with Crippen LogP contribution in [-0.4, -0.2) is 31.2 Å². The average molecular weight is 372 g/mol. The van der Waals surface area contributed by atoms with Crippen LogP contribution >= 0.6 is 11.6 Å². The molecular weight excluding hydrogens is 358 g/mol. The first-order valence-electron chi connectivity index (χ1n) is 7.62. The molecule has 0 spiro atoms. The summed E-state index contributed by atoms with van der Waals surface area (Å²) in [4.78, 5) is 42.0. The molecule has 1 aliphatic heterocycles. The molecule has 0 aromatic heterocycles. The molecule has 1 N–H and O–H groups in total. The molecule has 0 unspecified atom stereocenters. The van der Waals surface area contributed by atoms with Gasteiger partial charge in [-0.1, -0.05) is 23.7 Å². The number of benzene rings is 2. The highest BCUT2D eigenvalue weighted by molar-refractivity contribution is 6.33. The second-order valence-corrected chi connectivity index (χ2v) is 5.84. The predicted molar refractivity (Wildman–Crippen MR) is 97.1 cm³/mol. The van der Waals surface area contributed by atoms with Gasteiger partial charge in [0.05, 0.1) is 18.5 Å². The minimum atomic E-state index is -1.24. The lowest BCUT2D eigenvalue weighted by Crippen LogP contribution is -2.58. The maximum Gasteiger partial charge on any atom is 0.335 e. The number of hydrogen-bond acceptors (Lipinski definition) is 5. The van der Waals surface area contributed by atoms with Crippen molar-refractivity contribution in [2.45, 2.75) is 0 Å². The number of anilines is 1. The number of barbiturate groups is 1. The summed E-state index contributed by atoms with van der Waals surface area (Å²) in [5.41, 5.74) is 0.781. The smallest absolute Gasteiger partial charge is 0.335 e. The average Bonchev–Trinajstić information content (AvgIpc) is 2.61. The van der Waals surface area contributed by atoms with Crippen LogP contribution in [0, 0.1) is 5.92 Å². The van der Waals surface area contributed by atoms with Crippen molar-refractivity contribution in [3.8, 4) is 5.75 Å². The van der Waals surface area contributed by atoms with E-state index in [1.807, 2.05) is 0 Å². The van der Waals surface area contributed by atoms with E-state index in [0.717, 1.165) is 4.90 Å². The highest BCUT2D eigenvalue weighted by Gasteiger charge is 2.40. The Morgan fingerprint density at radius 1 is 1.15 bits per heavy atom. The van der Waals surface area contributed by atoms with Crippen molar-refractivity contribution in [3.63, 3.8) is 0 Å². The summed E-state index contributed by atoms with van der Waals surface area (Å²) >= 11 is 5.89. The third kappa shape index (κ3) is 3.57. The Labute approximate surface area is 154 Å². The molecule has 0 bridgehead atoms. The van der Waals surface area contributed by atoms with Crippen LogP contribution in [0.25, 0.3) is 0 Å². The van der Waals surface area contributed by atoms with Crippen LogP contribution in [0.3, 0.4) is 0 Å². The Hall–Kier alpha value is -3.19. The fourth-order valence-corrected chi connectivity index (χ4v) is 2.62. The Morgan fingerprint density at radius 3 is 2.65 bits per heavy atom. The lowest BCUT2D eigenvalue weighted by atomic mass is 10.1. The minimum absolute atomic E-state index is 0.292. The van der Waals surface area contributed by atoms with Crippen LogP contribution in [0.15, 0.2) is 53.5 Å². The van der Waals surface area contributed by atoms with Crippen LogP contribution in [0.5, 0.6) is 5.75 Å². The van der Waals surface area contributed by atoms with Crippen molar-refractivity contribution < 1.29 is 19.1 Å². The van der Waals surface area contributed by atoms with Gasteiger partial charge in [-0.25, -0.2) is 9.69 Å². The number of methoxy groups -OCH3 is 1. The van der Waals surface area contributed by atoms with Gasteiger partial charge in [-0.2, -0.15) is 0 Å². The fourth-order valence-electron chi connectivity index (χ4n) is 2.43. The fraction of sp³-hybridized carbons (Fsp3) is 0.111. The maximum absolute atomic E-state index is 12.7. The van der Waals surface area contributed by atoms with E-state index in [4.69, 9.17) is 16.3 Å². The van der Waals surface area contributed by atoms with Gasteiger partial charge in [0.25, 0.3) is 5.91 Å². The highest BCUT2D eigenvalue weighted by atomic mass is 35.5.